The van der Waals surface area contributed by atoms with Crippen LogP contribution in [0.3, 0.4) is 0 Å². The Bertz CT molecular complexity index is 494. The molecule has 0 bridgehead atoms. The maximum absolute atomic E-state index is 10.1. The molecule has 2 aromatic rings. The Labute approximate surface area is 98.7 Å². The fourth-order valence-corrected chi connectivity index (χ4v) is 1.14. The van der Waals surface area contributed by atoms with Crippen LogP contribution >= 0.6 is 0 Å². The Hall–Kier alpha value is -2.24. The van der Waals surface area contributed by atoms with Crippen LogP contribution in [-0.4, -0.2) is 32.1 Å². The van der Waals surface area contributed by atoms with Gasteiger partial charge in [0.15, 0.2) is 12.6 Å². The number of rotatable bonds is 2. The normalized spacial score (nSPS) is 9.35. The summed E-state index contributed by atoms with van der Waals surface area (Å²) < 4.78 is 1.81. The van der Waals surface area contributed by atoms with Crippen molar-refractivity contribution in [3.05, 3.63) is 35.4 Å². The maximum Gasteiger partial charge on any atom is 0.170 e. The van der Waals surface area contributed by atoms with Gasteiger partial charge in [0, 0.05) is 13.2 Å². The molecule has 0 aliphatic heterocycles. The molecule has 0 unspecified atom stereocenters. The topological polar surface area (TPSA) is 80.6 Å². The lowest BCUT2D eigenvalue weighted by molar-refractivity contribution is 0.111. The minimum absolute atomic E-state index is 0.495. The number of nitrogens with zero attached hydrogens (tertiary/aromatic N) is 3. The smallest absolute Gasteiger partial charge is 0.170 e. The third-order valence-electron chi connectivity index (χ3n) is 2.10. The molecule has 0 aromatic carbocycles. The van der Waals surface area contributed by atoms with E-state index in [1.807, 2.05) is 18.5 Å². The number of aryl methyl sites for hydroxylation is 3. The molecule has 0 radical (unpaired) electrons. The average molecular weight is 234 g/mol. The van der Waals surface area contributed by atoms with Crippen molar-refractivity contribution in [2.24, 2.45) is 7.05 Å². The van der Waals surface area contributed by atoms with Crippen molar-refractivity contribution in [1.82, 2.24) is 19.5 Å². The molecule has 17 heavy (non-hydrogen) atoms. The first-order chi connectivity index (χ1) is 8.06. The first-order valence-corrected chi connectivity index (χ1v) is 4.98. The monoisotopic (exact) mass is 234 g/mol. The second-order valence-electron chi connectivity index (χ2n) is 3.48. The van der Waals surface area contributed by atoms with Crippen LogP contribution in [0.4, 0.5) is 0 Å². The number of hydrogen-bond donors (Lipinski definition) is 1. The van der Waals surface area contributed by atoms with E-state index in [9.17, 15) is 9.59 Å². The molecule has 0 aliphatic carbocycles. The summed E-state index contributed by atoms with van der Waals surface area (Å²) in [7, 11) is 1.86. The predicted octanol–water partition coefficient (Wildman–Crippen LogP) is 1.07. The highest BCUT2D eigenvalue weighted by atomic mass is 16.1. The molecule has 90 valence electrons. The minimum Gasteiger partial charge on any atom is -0.340 e. The number of H-pyrrole nitrogens is 1. The summed E-state index contributed by atoms with van der Waals surface area (Å²) >= 11 is 0. The number of carbonyl (C=O) groups excluding carboxylic acids is 2. The van der Waals surface area contributed by atoms with Gasteiger partial charge < -0.3 is 9.55 Å². The number of imidazole rings is 2. The first-order valence-electron chi connectivity index (χ1n) is 4.98. The van der Waals surface area contributed by atoms with Gasteiger partial charge in [-0.3, -0.25) is 9.59 Å². The number of hydrogen-bond acceptors (Lipinski definition) is 4. The summed E-state index contributed by atoms with van der Waals surface area (Å²) in [5.41, 5.74) is 1.03. The zero-order valence-electron chi connectivity index (χ0n) is 9.97. The highest BCUT2D eigenvalue weighted by Gasteiger charge is 1.96. The molecule has 1 N–H and O–H groups in total. The van der Waals surface area contributed by atoms with E-state index >= 15 is 0 Å². The van der Waals surface area contributed by atoms with Gasteiger partial charge >= 0.3 is 0 Å². The van der Waals surface area contributed by atoms with Gasteiger partial charge in [-0.1, -0.05) is 0 Å². The lowest BCUT2D eigenvalue weighted by atomic mass is 10.5. The Morgan fingerprint density at radius 2 is 2.00 bits per heavy atom. The Morgan fingerprint density at radius 3 is 2.24 bits per heavy atom. The van der Waals surface area contributed by atoms with Crippen LogP contribution in [0.5, 0.6) is 0 Å². The average Bonchev–Trinajstić information content (AvgIpc) is 2.87. The molecule has 0 fully saturated rings. The molecular weight excluding hydrogens is 220 g/mol. The molecule has 0 saturated carbocycles. The summed E-state index contributed by atoms with van der Waals surface area (Å²) in [6.07, 6.45) is 4.68. The van der Waals surface area contributed by atoms with E-state index in [4.69, 9.17) is 0 Å². The third kappa shape index (κ3) is 3.67. The first kappa shape index (κ1) is 12.8. The fourth-order valence-electron chi connectivity index (χ4n) is 1.14. The fraction of sp³-hybridized carbons (Fsp3) is 0.273. The Kier molecular flexibility index (Phi) is 4.33. The van der Waals surface area contributed by atoms with Crippen LogP contribution in [0.2, 0.25) is 0 Å². The summed E-state index contributed by atoms with van der Waals surface area (Å²) in [5, 5.41) is 0. The summed E-state index contributed by atoms with van der Waals surface area (Å²) in [6.45, 7) is 3.65. The number of carbonyl (C=O) groups is 2. The van der Waals surface area contributed by atoms with Crippen molar-refractivity contribution < 1.29 is 9.59 Å². The van der Waals surface area contributed by atoms with E-state index in [0.717, 1.165) is 24.2 Å². The minimum atomic E-state index is 0.495. The molecule has 0 amide bonds. The molecule has 0 atom stereocenters. The second kappa shape index (κ2) is 5.74. The van der Waals surface area contributed by atoms with Crippen LogP contribution in [-0.2, 0) is 7.05 Å². The van der Waals surface area contributed by atoms with E-state index < -0.39 is 0 Å². The predicted molar refractivity (Wildman–Crippen MR) is 62.0 cm³/mol. The highest BCUT2D eigenvalue weighted by Crippen LogP contribution is 1.95. The Balaban J connectivity index is 0.000000171. The van der Waals surface area contributed by atoms with Crippen molar-refractivity contribution >= 4 is 12.6 Å². The number of aldehydes is 2. The number of aromatic amines is 1. The lowest BCUT2D eigenvalue weighted by Crippen LogP contribution is -1.86. The molecule has 0 saturated heterocycles. The third-order valence-corrected chi connectivity index (χ3v) is 2.10. The van der Waals surface area contributed by atoms with Crippen LogP contribution in [0.1, 0.15) is 32.6 Å². The molecule has 6 nitrogen and oxygen atoms in total. The zero-order chi connectivity index (χ0) is 12.8. The van der Waals surface area contributed by atoms with Crippen molar-refractivity contribution in [1.29, 1.82) is 0 Å². The molecule has 2 aromatic heterocycles. The van der Waals surface area contributed by atoms with Crippen LogP contribution < -0.4 is 0 Å². The SMILES string of the molecule is Cc1nc(C=O)cn1C.Cc1ncc(C=O)[nH]1. The van der Waals surface area contributed by atoms with Gasteiger partial charge in [-0.25, -0.2) is 9.97 Å². The van der Waals surface area contributed by atoms with Crippen LogP contribution in [0.15, 0.2) is 12.4 Å². The molecule has 2 rings (SSSR count). The Morgan fingerprint density at radius 1 is 1.29 bits per heavy atom. The van der Waals surface area contributed by atoms with Crippen LogP contribution in [0, 0.1) is 13.8 Å². The zero-order valence-corrected chi connectivity index (χ0v) is 9.97. The van der Waals surface area contributed by atoms with Gasteiger partial charge in [0.1, 0.15) is 17.3 Å². The van der Waals surface area contributed by atoms with Crippen molar-refractivity contribution in [3.63, 3.8) is 0 Å². The van der Waals surface area contributed by atoms with Crippen molar-refractivity contribution in [2.75, 3.05) is 0 Å². The van der Waals surface area contributed by atoms with E-state index in [-0.39, 0.29) is 0 Å². The van der Waals surface area contributed by atoms with Gasteiger partial charge in [-0.15, -0.1) is 0 Å². The lowest BCUT2D eigenvalue weighted by Gasteiger charge is -1.87. The van der Waals surface area contributed by atoms with E-state index in [1.165, 1.54) is 6.20 Å². The molecule has 0 spiro atoms. The molecule has 6 heteroatoms. The van der Waals surface area contributed by atoms with Gasteiger partial charge in [0.05, 0.1) is 11.9 Å². The molecule has 0 aliphatic rings. The summed E-state index contributed by atoms with van der Waals surface area (Å²) in [4.78, 5) is 30.5. The van der Waals surface area contributed by atoms with Crippen molar-refractivity contribution in [3.8, 4) is 0 Å². The van der Waals surface area contributed by atoms with Gasteiger partial charge in [-0.2, -0.15) is 0 Å². The second-order valence-corrected chi connectivity index (χ2v) is 3.48. The van der Waals surface area contributed by atoms with E-state index in [1.54, 1.807) is 13.1 Å². The maximum atomic E-state index is 10.1. The van der Waals surface area contributed by atoms with Crippen molar-refractivity contribution in [2.45, 2.75) is 13.8 Å². The highest BCUT2D eigenvalue weighted by molar-refractivity contribution is 5.71. The standard InChI is InChI=1S/C6H8N2O.C5H6N2O/c1-5-7-6(4-9)3-8(5)2;1-4-6-2-5(3-8)7-4/h3-4H,1-2H3;2-3H,1H3,(H,6,7). The van der Waals surface area contributed by atoms with E-state index in [2.05, 4.69) is 15.0 Å². The number of nitrogens with one attached hydrogen (secondary N) is 1. The van der Waals surface area contributed by atoms with Crippen LogP contribution in [0.25, 0.3) is 0 Å². The summed E-state index contributed by atoms with van der Waals surface area (Å²) in [5.74, 6) is 1.63. The quantitative estimate of drug-likeness (QED) is 0.788. The van der Waals surface area contributed by atoms with Gasteiger partial charge in [0.2, 0.25) is 0 Å². The molecule has 2 heterocycles. The number of aromatic nitrogens is 4. The van der Waals surface area contributed by atoms with Gasteiger partial charge in [0.25, 0.3) is 0 Å². The largest absolute Gasteiger partial charge is 0.340 e. The van der Waals surface area contributed by atoms with Gasteiger partial charge in [-0.05, 0) is 13.8 Å². The van der Waals surface area contributed by atoms with E-state index in [0.29, 0.717) is 11.4 Å². The molecular formula is C11H14N4O2. The summed E-state index contributed by atoms with van der Waals surface area (Å²) in [6, 6.07) is 0.